The van der Waals surface area contributed by atoms with Crippen molar-refractivity contribution in [1.29, 1.82) is 0 Å². The van der Waals surface area contributed by atoms with Crippen molar-refractivity contribution in [1.82, 2.24) is 9.80 Å². The van der Waals surface area contributed by atoms with Crippen LogP contribution in [-0.2, 0) is 9.53 Å². The van der Waals surface area contributed by atoms with Gasteiger partial charge in [0.2, 0.25) is 0 Å². The predicted octanol–water partition coefficient (Wildman–Crippen LogP) is 2.11. The Hall–Kier alpha value is -1.26. The van der Waals surface area contributed by atoms with Gasteiger partial charge in [-0.2, -0.15) is 0 Å². The van der Waals surface area contributed by atoms with Crippen LogP contribution >= 0.6 is 0 Å². The maximum atomic E-state index is 12.5. The molecule has 1 saturated heterocycles. The van der Waals surface area contributed by atoms with Crippen LogP contribution in [0.15, 0.2) is 0 Å². The van der Waals surface area contributed by atoms with Crippen LogP contribution in [0.2, 0.25) is 0 Å². The molecular weight excluding hydrogens is 244 g/mol. The number of hydrogen-bond donors (Lipinski definition) is 0. The summed E-state index contributed by atoms with van der Waals surface area (Å²) < 4.78 is 4.81. The number of nitrogens with zero attached hydrogens (tertiary/aromatic N) is 2. The number of carbonyl (C=O) groups excluding carboxylic acids is 2. The number of esters is 1. The van der Waals surface area contributed by atoms with Gasteiger partial charge in [-0.25, -0.2) is 4.79 Å². The fourth-order valence-electron chi connectivity index (χ4n) is 2.49. The van der Waals surface area contributed by atoms with Crippen molar-refractivity contribution in [3.63, 3.8) is 0 Å². The predicted molar refractivity (Wildman–Crippen MR) is 73.8 cm³/mol. The maximum absolute atomic E-state index is 12.5. The Morgan fingerprint density at radius 2 is 2.05 bits per heavy atom. The first-order valence-corrected chi connectivity index (χ1v) is 6.90. The fourth-order valence-corrected chi connectivity index (χ4v) is 2.49. The van der Waals surface area contributed by atoms with Crippen LogP contribution in [0.25, 0.3) is 0 Å². The monoisotopic (exact) mass is 270 g/mol. The van der Waals surface area contributed by atoms with E-state index >= 15 is 0 Å². The highest BCUT2D eigenvalue weighted by Crippen LogP contribution is 2.28. The average Bonchev–Trinajstić information content (AvgIpc) is 2.65. The molecule has 0 aromatic heterocycles. The molecule has 0 aliphatic carbocycles. The van der Waals surface area contributed by atoms with Crippen molar-refractivity contribution in [2.75, 3.05) is 20.2 Å². The number of amides is 2. The minimum Gasteiger partial charge on any atom is -0.469 e. The standard InChI is InChI=1S/C14H26N2O3/c1-7-8-15-11(10(2)12(17)19-6)9-16(13(15)18)14(3,4)5/h10-11H,7-9H2,1-6H3/t10?,11-/m1/s1. The van der Waals surface area contributed by atoms with Gasteiger partial charge in [0, 0.05) is 18.6 Å². The summed E-state index contributed by atoms with van der Waals surface area (Å²) in [6.07, 6.45) is 0.883. The molecule has 1 aliphatic heterocycles. The average molecular weight is 270 g/mol. The zero-order valence-electron chi connectivity index (χ0n) is 12.9. The van der Waals surface area contributed by atoms with Gasteiger partial charge in [0.1, 0.15) is 0 Å². The Labute approximate surface area is 115 Å². The molecule has 0 N–H and O–H groups in total. The second-order valence-corrected chi connectivity index (χ2v) is 6.14. The smallest absolute Gasteiger partial charge is 0.320 e. The van der Waals surface area contributed by atoms with Gasteiger partial charge in [-0.05, 0) is 34.1 Å². The minimum atomic E-state index is -0.298. The van der Waals surface area contributed by atoms with Gasteiger partial charge in [0.15, 0.2) is 0 Å². The summed E-state index contributed by atoms with van der Waals surface area (Å²) in [5, 5.41) is 0. The van der Waals surface area contributed by atoms with Crippen LogP contribution in [0, 0.1) is 5.92 Å². The van der Waals surface area contributed by atoms with Crippen LogP contribution in [0.4, 0.5) is 4.79 Å². The van der Waals surface area contributed by atoms with Crippen molar-refractivity contribution in [2.24, 2.45) is 5.92 Å². The first-order valence-electron chi connectivity index (χ1n) is 6.90. The molecule has 2 amide bonds. The zero-order chi connectivity index (χ0) is 14.8. The van der Waals surface area contributed by atoms with E-state index in [9.17, 15) is 9.59 Å². The topological polar surface area (TPSA) is 49.9 Å². The lowest BCUT2D eigenvalue weighted by molar-refractivity contribution is -0.146. The minimum absolute atomic E-state index is 0.0232. The summed E-state index contributed by atoms with van der Waals surface area (Å²) in [4.78, 5) is 27.9. The second-order valence-electron chi connectivity index (χ2n) is 6.14. The van der Waals surface area contributed by atoms with Gasteiger partial charge >= 0.3 is 12.0 Å². The summed E-state index contributed by atoms with van der Waals surface area (Å²) in [5.41, 5.74) is -0.229. The lowest BCUT2D eigenvalue weighted by Crippen LogP contribution is -2.44. The number of hydrogen-bond acceptors (Lipinski definition) is 3. The molecule has 1 rings (SSSR count). The van der Waals surface area contributed by atoms with Crippen molar-refractivity contribution in [3.8, 4) is 0 Å². The zero-order valence-corrected chi connectivity index (χ0v) is 12.9. The van der Waals surface area contributed by atoms with E-state index in [1.54, 1.807) is 0 Å². The Balaban J connectivity index is 2.96. The van der Waals surface area contributed by atoms with Crippen molar-refractivity contribution in [2.45, 2.75) is 52.6 Å². The SMILES string of the molecule is CCCN1C(=O)N(C(C)(C)C)C[C@@H]1C(C)C(=O)OC. The van der Waals surface area contributed by atoms with Crippen LogP contribution in [0.1, 0.15) is 41.0 Å². The van der Waals surface area contributed by atoms with Gasteiger partial charge in [0.05, 0.1) is 19.1 Å². The highest BCUT2D eigenvalue weighted by Gasteiger charge is 2.45. The highest BCUT2D eigenvalue weighted by molar-refractivity contribution is 5.80. The molecule has 0 bridgehead atoms. The summed E-state index contributed by atoms with van der Waals surface area (Å²) in [6.45, 7) is 11.2. The molecular formula is C14H26N2O3. The van der Waals surface area contributed by atoms with E-state index in [0.29, 0.717) is 13.1 Å². The largest absolute Gasteiger partial charge is 0.469 e. The first-order chi connectivity index (χ1) is 8.73. The summed E-state index contributed by atoms with van der Waals surface area (Å²) in [5.74, 6) is -0.553. The third-order valence-corrected chi connectivity index (χ3v) is 3.67. The molecule has 0 saturated carbocycles. The number of methoxy groups -OCH3 is 1. The van der Waals surface area contributed by atoms with E-state index < -0.39 is 0 Å². The highest BCUT2D eigenvalue weighted by atomic mass is 16.5. The number of ether oxygens (including phenoxy) is 1. The second kappa shape index (κ2) is 5.80. The van der Waals surface area contributed by atoms with Crippen molar-refractivity contribution < 1.29 is 14.3 Å². The molecule has 0 spiro atoms. The van der Waals surface area contributed by atoms with Crippen LogP contribution < -0.4 is 0 Å². The molecule has 1 heterocycles. The summed E-state index contributed by atoms with van der Waals surface area (Å²) >= 11 is 0. The van der Waals surface area contributed by atoms with E-state index in [-0.39, 0.29) is 29.5 Å². The first kappa shape index (κ1) is 15.8. The quantitative estimate of drug-likeness (QED) is 0.735. The molecule has 1 unspecified atom stereocenters. The van der Waals surface area contributed by atoms with E-state index in [1.807, 2.05) is 44.4 Å². The molecule has 2 atom stereocenters. The molecule has 5 heteroatoms. The molecule has 0 aromatic carbocycles. The molecule has 19 heavy (non-hydrogen) atoms. The lowest BCUT2D eigenvalue weighted by Gasteiger charge is -2.31. The number of urea groups is 1. The molecule has 1 fully saturated rings. The van der Waals surface area contributed by atoms with E-state index in [0.717, 1.165) is 6.42 Å². The third-order valence-electron chi connectivity index (χ3n) is 3.67. The van der Waals surface area contributed by atoms with E-state index in [4.69, 9.17) is 4.74 Å². The van der Waals surface area contributed by atoms with Gasteiger partial charge in [-0.15, -0.1) is 0 Å². The molecule has 0 radical (unpaired) electrons. The van der Waals surface area contributed by atoms with Crippen molar-refractivity contribution >= 4 is 12.0 Å². The molecule has 110 valence electrons. The number of rotatable bonds is 4. The molecule has 0 aromatic rings. The van der Waals surface area contributed by atoms with Crippen LogP contribution in [-0.4, -0.2) is 53.6 Å². The van der Waals surface area contributed by atoms with E-state index in [2.05, 4.69) is 0 Å². The maximum Gasteiger partial charge on any atom is 0.320 e. The Kier molecular flexibility index (Phi) is 4.82. The lowest BCUT2D eigenvalue weighted by atomic mass is 10.00. The molecule has 5 nitrogen and oxygen atoms in total. The van der Waals surface area contributed by atoms with Gasteiger partial charge in [0.25, 0.3) is 0 Å². The van der Waals surface area contributed by atoms with E-state index in [1.165, 1.54) is 7.11 Å². The molecule has 1 aliphatic rings. The van der Waals surface area contributed by atoms with Gasteiger partial charge < -0.3 is 14.5 Å². The Morgan fingerprint density at radius 1 is 1.47 bits per heavy atom. The fraction of sp³-hybridized carbons (Fsp3) is 0.857. The Bertz CT molecular complexity index is 349. The Morgan fingerprint density at radius 3 is 2.47 bits per heavy atom. The van der Waals surface area contributed by atoms with Gasteiger partial charge in [-0.1, -0.05) is 6.92 Å². The summed E-state index contributed by atoms with van der Waals surface area (Å²) in [7, 11) is 1.39. The summed E-state index contributed by atoms with van der Waals surface area (Å²) in [6, 6.07) is -0.0748. The normalized spacial score (nSPS) is 21.8. The van der Waals surface area contributed by atoms with Gasteiger partial charge in [-0.3, -0.25) is 4.79 Å². The van der Waals surface area contributed by atoms with Crippen LogP contribution in [0.5, 0.6) is 0 Å². The third kappa shape index (κ3) is 3.19. The van der Waals surface area contributed by atoms with Crippen molar-refractivity contribution in [3.05, 3.63) is 0 Å². The number of carbonyl (C=O) groups is 2. The van der Waals surface area contributed by atoms with Crippen LogP contribution in [0.3, 0.4) is 0 Å².